The number of nitrogens with two attached hydrogens (primary N) is 1. The topological polar surface area (TPSA) is 137 Å². The molecule has 0 saturated carbocycles. The second-order valence-electron chi connectivity index (χ2n) is 32.5. The summed E-state index contributed by atoms with van der Waals surface area (Å²) in [6.07, 6.45) is 2.52. The minimum atomic E-state index is -0.520. The van der Waals surface area contributed by atoms with Crippen molar-refractivity contribution in [2.75, 3.05) is 102 Å². The maximum absolute atomic E-state index is 13.1. The number of carbonyl (C=O) groups is 2. The zero-order chi connectivity index (χ0) is 79.5. The van der Waals surface area contributed by atoms with E-state index < -0.39 is 11.2 Å². The van der Waals surface area contributed by atoms with Crippen molar-refractivity contribution >= 4 is 64.1 Å². The fourth-order valence-corrected chi connectivity index (χ4v) is 15.6. The molecule has 0 bridgehead atoms. The van der Waals surface area contributed by atoms with Gasteiger partial charge in [0.15, 0.2) is 0 Å². The van der Waals surface area contributed by atoms with Gasteiger partial charge in [-0.05, 0) is 260 Å². The molecule has 588 valence electrons. The number of anilines is 3. The Balaban J connectivity index is 0.000000189. The fourth-order valence-electron chi connectivity index (χ4n) is 15.2. The van der Waals surface area contributed by atoms with Gasteiger partial charge in [-0.3, -0.25) is 0 Å². The molecule has 3 fully saturated rings. The van der Waals surface area contributed by atoms with Gasteiger partial charge in [0.1, 0.15) is 11.2 Å². The Morgan fingerprint density at radius 3 is 0.991 bits per heavy atom. The maximum Gasteiger partial charge on any atom is 0.410 e. The predicted molar refractivity (Wildman–Crippen MR) is 461 cm³/mol. The second kappa shape index (κ2) is 42.7. The number of benzene rings is 9. The van der Waals surface area contributed by atoms with E-state index in [1.54, 1.807) is 6.07 Å². The van der Waals surface area contributed by atoms with Crippen LogP contribution in [0, 0.1) is 46.8 Å². The number of hydrogen-bond donors (Lipinski definition) is 2. The van der Waals surface area contributed by atoms with Crippen molar-refractivity contribution in [3.63, 3.8) is 0 Å². The van der Waals surface area contributed by atoms with E-state index in [4.69, 9.17) is 55.3 Å². The van der Waals surface area contributed by atoms with E-state index >= 15 is 0 Å². The van der Waals surface area contributed by atoms with Crippen LogP contribution in [0.5, 0.6) is 0 Å². The molecule has 0 aromatic heterocycles. The van der Waals surface area contributed by atoms with Gasteiger partial charge in [-0.25, -0.2) is 9.59 Å². The Hall–Kier alpha value is -8.88. The van der Waals surface area contributed by atoms with Crippen LogP contribution in [0.25, 0.3) is 0 Å². The molecule has 17 heteroatoms. The number of hydrogen-bond acceptors (Lipinski definition) is 12. The first-order chi connectivity index (χ1) is 53.2. The highest BCUT2D eigenvalue weighted by Gasteiger charge is 2.40. The Bertz CT molecular complexity index is 4310. The van der Waals surface area contributed by atoms with E-state index in [-0.39, 0.29) is 18.1 Å². The Kier molecular flexibility index (Phi) is 33.1. The van der Waals surface area contributed by atoms with Gasteiger partial charge in [-0.2, -0.15) is 5.26 Å². The molecule has 3 heterocycles. The van der Waals surface area contributed by atoms with Crippen LogP contribution in [0.1, 0.15) is 98.5 Å². The molecule has 0 aliphatic carbocycles. The summed E-state index contributed by atoms with van der Waals surface area (Å²) in [4.78, 5) is 41.7. The van der Waals surface area contributed by atoms with E-state index in [2.05, 4.69) is 252 Å². The highest BCUT2D eigenvalue weighted by atomic mass is 35.5. The van der Waals surface area contributed by atoms with Crippen molar-refractivity contribution in [2.45, 2.75) is 118 Å². The summed E-state index contributed by atoms with van der Waals surface area (Å²) in [5, 5.41) is 13.2. The molecule has 3 aliphatic rings. The zero-order valence-electron chi connectivity index (χ0n) is 67.1. The lowest BCUT2D eigenvalue weighted by Gasteiger charge is -2.30. The minimum absolute atomic E-state index is 0.225. The van der Waals surface area contributed by atoms with Crippen LogP contribution >= 0.6 is 34.8 Å². The molecule has 9 aromatic rings. The third-order valence-electron chi connectivity index (χ3n) is 20.2. The van der Waals surface area contributed by atoms with Crippen LogP contribution in [0.2, 0.25) is 15.1 Å². The molecule has 3 aliphatic heterocycles. The number of carbonyl (C=O) groups excluding carboxylic acids is 2. The number of nitrogens with zero attached hydrogens (tertiary/aromatic N) is 8. The van der Waals surface area contributed by atoms with Gasteiger partial charge in [-0.15, -0.1) is 0 Å². The molecule has 12 rings (SSSR count). The van der Waals surface area contributed by atoms with Crippen molar-refractivity contribution in [1.82, 2.24) is 24.9 Å². The summed E-state index contributed by atoms with van der Waals surface area (Å²) >= 11 is 18.7. The van der Waals surface area contributed by atoms with Gasteiger partial charge < -0.3 is 54.8 Å². The molecule has 9 aromatic carbocycles. The summed E-state index contributed by atoms with van der Waals surface area (Å²) < 4.78 is 11.5. The largest absolute Gasteiger partial charge is 0.444 e. The van der Waals surface area contributed by atoms with Crippen molar-refractivity contribution in [2.24, 2.45) is 41.2 Å². The first-order valence-electron chi connectivity index (χ1n) is 39.1. The summed E-state index contributed by atoms with van der Waals surface area (Å²) in [6, 6.07) is 84.4. The molecule has 111 heavy (non-hydrogen) atoms. The monoisotopic (exact) mass is 1550 g/mol. The molecule has 2 amide bonds. The number of likely N-dealkylation sites (tertiary alicyclic amines) is 2. The van der Waals surface area contributed by atoms with Crippen molar-refractivity contribution in [1.29, 1.82) is 5.26 Å². The standard InChI is InChI=1S/C33H42ClN3O2.C31H38ClN3O2.C28H34ClN3.C2H3N/c1-33(2,3)39-32(38)37-22-28(19-25-10-7-6-8-11-25)29(24-37)23-36(31-16-14-30(34)15-17-31)21-27-13-9-12-26(18-27)20-35(4)5;1-31(2,3)37-30(36)35-20-26(17-23-8-5-4-6-9-23)27(22-35)21-34(29-14-12-28(32)13-15-29)19-25-11-7-10-24(16-25)18-33;1-31(2)19-23-9-6-10-24(15-23)20-32(28-13-11-27(29)12-14-28)21-26-18-30-17-25(26)16-22-7-4-3-5-8-22;1-2-3/h6-18,28-29H,19-24H2,1-5H3;4-16,26-27H,17-22,33H2,1-3H3;3-15,25-26,30H,16-21H2,1-2H3;1H3/t28-,29-;26-,27-;25-,26+;/m000./s1. The molecule has 0 radical (unpaired) electrons. The third kappa shape index (κ3) is 29.0. The Morgan fingerprint density at radius 2 is 0.676 bits per heavy atom. The average Bonchev–Trinajstić information content (AvgIpc) is 1.74. The maximum atomic E-state index is 13.1. The van der Waals surface area contributed by atoms with Crippen molar-refractivity contribution in [3.05, 3.63) is 302 Å². The SMILES string of the molecule is CC#N.CC(C)(C)OC(=O)N1C[C@H](CN(Cc2cccc(CN)c2)c2ccc(Cl)cc2)[C@@H](Cc2ccccc2)C1.CN(C)Cc1cccc(CN(C[C@H]2CN(C(=O)OC(C)(C)C)C[C@@H]2Cc2ccccc2)c2ccc(Cl)cc2)c1.CN(C)Cc1cccc(CN(C[C@H]2CNC[C@@H]2Cc2ccccc2)c2ccc(Cl)cc2)c1. The van der Waals surface area contributed by atoms with Crippen LogP contribution in [0.4, 0.5) is 26.7 Å². The van der Waals surface area contributed by atoms with E-state index in [9.17, 15) is 9.59 Å². The molecule has 14 nitrogen and oxygen atoms in total. The molecule has 3 saturated heterocycles. The smallest absolute Gasteiger partial charge is 0.410 e. The van der Waals surface area contributed by atoms with E-state index in [0.717, 1.165) is 112 Å². The van der Waals surface area contributed by atoms with Crippen LogP contribution in [-0.4, -0.2) is 130 Å². The number of amides is 2. The number of rotatable bonds is 26. The lowest BCUT2D eigenvalue weighted by atomic mass is 9.89. The number of nitrogens with one attached hydrogen (secondary N) is 1. The van der Waals surface area contributed by atoms with E-state index in [1.807, 2.05) is 93.8 Å². The molecule has 0 spiro atoms. The van der Waals surface area contributed by atoms with Gasteiger partial charge in [0.05, 0.1) is 6.07 Å². The summed E-state index contributed by atoms with van der Waals surface area (Å²) in [7, 11) is 8.42. The number of halogens is 3. The average molecular weight is 1560 g/mol. The van der Waals surface area contributed by atoms with E-state index in [1.165, 1.54) is 57.1 Å². The number of nitriles is 1. The molecule has 6 atom stereocenters. The second-order valence-corrected chi connectivity index (χ2v) is 33.8. The van der Waals surface area contributed by atoms with Crippen molar-refractivity contribution < 1.29 is 19.1 Å². The quantitative estimate of drug-likeness (QED) is 0.0534. The highest BCUT2D eigenvalue weighted by molar-refractivity contribution is 6.31. The molecule has 3 N–H and O–H groups in total. The Labute approximate surface area is 678 Å². The van der Waals surface area contributed by atoms with Crippen molar-refractivity contribution in [3.8, 4) is 6.07 Å². The van der Waals surface area contributed by atoms with E-state index in [0.29, 0.717) is 67.3 Å². The van der Waals surface area contributed by atoms with Gasteiger partial charge in [0.2, 0.25) is 0 Å². The van der Waals surface area contributed by atoms with Gasteiger partial charge in [-0.1, -0.05) is 199 Å². The fraction of sp³-hybridized carbons (Fsp3) is 0.394. The summed E-state index contributed by atoms with van der Waals surface area (Å²) in [5.41, 5.74) is 20.0. The predicted octanol–water partition coefficient (Wildman–Crippen LogP) is 19.7. The lowest BCUT2D eigenvalue weighted by molar-refractivity contribution is 0.0274. The molecular weight excluding hydrogens is 1440 g/mol. The number of ether oxygens (including phenoxy) is 2. The third-order valence-corrected chi connectivity index (χ3v) is 21.0. The summed E-state index contributed by atoms with van der Waals surface area (Å²) in [5.74, 6) is 2.47. The minimum Gasteiger partial charge on any atom is -0.444 e. The first kappa shape index (κ1) is 86.1. The highest BCUT2D eigenvalue weighted by Crippen LogP contribution is 2.36. The van der Waals surface area contributed by atoms with Gasteiger partial charge >= 0.3 is 12.2 Å². The van der Waals surface area contributed by atoms with Gasteiger partial charge in [0.25, 0.3) is 0 Å². The van der Waals surface area contributed by atoms with Crippen LogP contribution in [0.3, 0.4) is 0 Å². The van der Waals surface area contributed by atoms with Crippen LogP contribution < -0.4 is 25.8 Å². The zero-order valence-corrected chi connectivity index (χ0v) is 69.4. The molecule has 0 unspecified atom stereocenters. The first-order valence-corrected chi connectivity index (χ1v) is 40.2. The molecular formula is C94H117Cl3N10O4. The summed E-state index contributed by atoms with van der Waals surface area (Å²) in [6.45, 7) is 25.3. The van der Waals surface area contributed by atoms with Crippen LogP contribution in [-0.2, 0) is 68.0 Å². The van der Waals surface area contributed by atoms with Crippen LogP contribution in [0.15, 0.2) is 237 Å². The normalized spacial score (nSPS) is 17.3. The van der Waals surface area contributed by atoms with Gasteiger partial charge in [0, 0.05) is 124 Å². The Morgan fingerprint density at radius 1 is 0.405 bits per heavy atom. The lowest BCUT2D eigenvalue weighted by Crippen LogP contribution is -2.36.